The molecule has 56 valence electrons. The molecule has 0 aromatic rings. The van der Waals surface area contributed by atoms with Gasteiger partial charge in [-0.05, 0) is 12.0 Å². The fraction of sp³-hybridized carbons (Fsp3) is 0.375. The van der Waals surface area contributed by atoms with Crippen LogP contribution in [0.15, 0.2) is 24.9 Å². The first kappa shape index (κ1) is 8.95. The van der Waals surface area contributed by atoms with Gasteiger partial charge in [0.15, 0.2) is 0 Å². The summed E-state index contributed by atoms with van der Waals surface area (Å²) in [4.78, 5) is 10.5. The molecule has 0 aliphatic carbocycles. The van der Waals surface area contributed by atoms with Gasteiger partial charge in [0, 0.05) is 6.20 Å². The number of nitrogens with one attached hydrogen (secondary N) is 1. The normalized spacial score (nSPS) is 10.3. The Labute approximate surface area is 61.6 Å². The Kier molecular flexibility index (Phi) is 4.29. The second kappa shape index (κ2) is 4.79. The lowest BCUT2D eigenvalue weighted by Gasteiger charge is -1.94. The first-order valence-corrected chi connectivity index (χ1v) is 3.26. The first-order chi connectivity index (χ1) is 4.66. The van der Waals surface area contributed by atoms with Crippen molar-refractivity contribution in [3.63, 3.8) is 0 Å². The molecule has 0 radical (unpaired) electrons. The molecule has 0 saturated heterocycles. The van der Waals surface area contributed by atoms with Gasteiger partial charge in [0.2, 0.25) is 5.91 Å². The van der Waals surface area contributed by atoms with Gasteiger partial charge in [0.1, 0.15) is 0 Å². The molecule has 0 bridgehead atoms. The maximum absolute atomic E-state index is 10.5. The van der Waals surface area contributed by atoms with E-state index in [0.29, 0.717) is 5.92 Å². The lowest BCUT2D eigenvalue weighted by Crippen LogP contribution is -2.12. The van der Waals surface area contributed by atoms with Crippen molar-refractivity contribution < 1.29 is 4.79 Å². The molecule has 1 N–H and O–H groups in total. The van der Waals surface area contributed by atoms with Crippen LogP contribution in [0.3, 0.4) is 0 Å². The molecule has 0 fully saturated rings. The molecule has 2 heteroatoms. The fourth-order valence-electron chi connectivity index (χ4n) is 0.382. The molecule has 0 aromatic carbocycles. The Morgan fingerprint density at radius 3 is 2.60 bits per heavy atom. The highest BCUT2D eigenvalue weighted by atomic mass is 16.1. The minimum absolute atomic E-state index is 0.170. The smallest absolute Gasteiger partial charge is 0.247 e. The molecule has 0 saturated carbocycles. The molecule has 2 nitrogen and oxygen atoms in total. The third-order valence-corrected chi connectivity index (χ3v) is 0.892. The summed E-state index contributed by atoms with van der Waals surface area (Å²) in [6, 6.07) is 0. The van der Waals surface area contributed by atoms with Crippen molar-refractivity contribution in [3.8, 4) is 0 Å². The number of hydrogen-bond donors (Lipinski definition) is 1. The summed E-state index contributed by atoms with van der Waals surface area (Å²) in [7, 11) is 0. The second-order valence-electron chi connectivity index (χ2n) is 2.32. The zero-order chi connectivity index (χ0) is 7.98. The van der Waals surface area contributed by atoms with E-state index in [-0.39, 0.29) is 5.91 Å². The molecule has 0 aliphatic heterocycles. The van der Waals surface area contributed by atoms with Gasteiger partial charge in [-0.1, -0.05) is 26.5 Å². The van der Waals surface area contributed by atoms with E-state index >= 15 is 0 Å². The Balaban J connectivity index is 3.53. The largest absolute Gasteiger partial charge is 0.329 e. The third kappa shape index (κ3) is 5.09. The van der Waals surface area contributed by atoms with Crippen LogP contribution in [0.2, 0.25) is 0 Å². The highest BCUT2D eigenvalue weighted by Crippen LogP contribution is 1.90. The standard InChI is InChI=1S/C8H13NO/c1-4-8(10)9-6-5-7(2)3/h4-7H,1H2,2-3H3,(H,9,10)/b6-5+. The van der Waals surface area contributed by atoms with Crippen LogP contribution in [0, 0.1) is 5.92 Å². The van der Waals surface area contributed by atoms with Crippen LogP contribution in [-0.2, 0) is 4.79 Å². The lowest BCUT2D eigenvalue weighted by atomic mass is 10.2. The number of carbonyl (C=O) groups excluding carboxylic acids is 1. The maximum Gasteiger partial charge on any atom is 0.247 e. The van der Waals surface area contributed by atoms with Crippen molar-refractivity contribution in [3.05, 3.63) is 24.9 Å². The number of allylic oxidation sites excluding steroid dienone is 1. The summed E-state index contributed by atoms with van der Waals surface area (Å²) >= 11 is 0. The van der Waals surface area contributed by atoms with E-state index in [4.69, 9.17) is 0 Å². The highest BCUT2D eigenvalue weighted by molar-refractivity contribution is 5.87. The summed E-state index contributed by atoms with van der Waals surface area (Å²) in [5.41, 5.74) is 0. The summed E-state index contributed by atoms with van der Waals surface area (Å²) in [6.45, 7) is 7.39. The zero-order valence-electron chi connectivity index (χ0n) is 6.42. The van der Waals surface area contributed by atoms with Crippen molar-refractivity contribution in [2.24, 2.45) is 5.92 Å². The Hall–Kier alpha value is -1.05. The number of hydrogen-bond acceptors (Lipinski definition) is 1. The predicted molar refractivity (Wildman–Crippen MR) is 42.3 cm³/mol. The van der Waals surface area contributed by atoms with E-state index < -0.39 is 0 Å². The van der Waals surface area contributed by atoms with Gasteiger partial charge in [0.05, 0.1) is 0 Å². The maximum atomic E-state index is 10.5. The monoisotopic (exact) mass is 139 g/mol. The molecule has 0 aromatic heterocycles. The molecule has 0 unspecified atom stereocenters. The first-order valence-electron chi connectivity index (χ1n) is 3.26. The Morgan fingerprint density at radius 2 is 2.20 bits per heavy atom. The Morgan fingerprint density at radius 1 is 1.60 bits per heavy atom. The molecule has 10 heavy (non-hydrogen) atoms. The Bertz CT molecular complexity index is 147. The minimum atomic E-state index is -0.170. The number of amides is 1. The van der Waals surface area contributed by atoms with E-state index in [1.807, 2.05) is 19.9 Å². The quantitative estimate of drug-likeness (QED) is 0.589. The predicted octanol–water partition coefficient (Wildman–Crippen LogP) is 1.46. The van der Waals surface area contributed by atoms with Gasteiger partial charge in [-0.15, -0.1) is 0 Å². The van der Waals surface area contributed by atoms with E-state index in [9.17, 15) is 4.79 Å². The minimum Gasteiger partial charge on any atom is -0.329 e. The van der Waals surface area contributed by atoms with Crippen molar-refractivity contribution in [1.29, 1.82) is 0 Å². The van der Waals surface area contributed by atoms with Crippen molar-refractivity contribution in [2.75, 3.05) is 0 Å². The van der Waals surface area contributed by atoms with Crippen LogP contribution in [0.1, 0.15) is 13.8 Å². The molecule has 0 atom stereocenters. The van der Waals surface area contributed by atoms with Gasteiger partial charge in [-0.3, -0.25) is 4.79 Å². The average Bonchev–Trinajstić information content (AvgIpc) is 1.87. The van der Waals surface area contributed by atoms with Gasteiger partial charge in [-0.25, -0.2) is 0 Å². The second-order valence-corrected chi connectivity index (χ2v) is 2.32. The molecule has 1 amide bonds. The van der Waals surface area contributed by atoms with E-state index in [2.05, 4.69) is 11.9 Å². The molecule has 0 heterocycles. The fourth-order valence-corrected chi connectivity index (χ4v) is 0.382. The molecule has 0 rings (SSSR count). The van der Waals surface area contributed by atoms with Crippen LogP contribution < -0.4 is 5.32 Å². The van der Waals surface area contributed by atoms with E-state index in [1.54, 1.807) is 6.20 Å². The molecular weight excluding hydrogens is 126 g/mol. The van der Waals surface area contributed by atoms with E-state index in [1.165, 1.54) is 6.08 Å². The van der Waals surface area contributed by atoms with Gasteiger partial charge < -0.3 is 5.32 Å². The zero-order valence-corrected chi connectivity index (χ0v) is 6.42. The van der Waals surface area contributed by atoms with Crippen LogP contribution in [0.25, 0.3) is 0 Å². The van der Waals surface area contributed by atoms with Gasteiger partial charge in [0.25, 0.3) is 0 Å². The van der Waals surface area contributed by atoms with Gasteiger partial charge in [-0.2, -0.15) is 0 Å². The number of rotatable bonds is 3. The van der Waals surface area contributed by atoms with Crippen LogP contribution >= 0.6 is 0 Å². The highest BCUT2D eigenvalue weighted by Gasteiger charge is 1.86. The molecule has 0 spiro atoms. The molecular formula is C8H13NO. The van der Waals surface area contributed by atoms with Crippen LogP contribution in [-0.4, -0.2) is 5.91 Å². The van der Waals surface area contributed by atoms with Crippen LogP contribution in [0.4, 0.5) is 0 Å². The van der Waals surface area contributed by atoms with Gasteiger partial charge >= 0.3 is 0 Å². The van der Waals surface area contributed by atoms with E-state index in [0.717, 1.165) is 0 Å². The third-order valence-electron chi connectivity index (χ3n) is 0.892. The topological polar surface area (TPSA) is 29.1 Å². The summed E-state index contributed by atoms with van der Waals surface area (Å²) in [5.74, 6) is 0.294. The molecule has 0 aliphatic rings. The van der Waals surface area contributed by atoms with Crippen LogP contribution in [0.5, 0.6) is 0 Å². The van der Waals surface area contributed by atoms with Crippen molar-refractivity contribution in [2.45, 2.75) is 13.8 Å². The summed E-state index contributed by atoms with van der Waals surface area (Å²) in [6.07, 6.45) is 4.78. The lowest BCUT2D eigenvalue weighted by molar-refractivity contribution is -0.115. The summed E-state index contributed by atoms with van der Waals surface area (Å²) < 4.78 is 0. The number of carbonyl (C=O) groups is 1. The van der Waals surface area contributed by atoms with Crippen molar-refractivity contribution >= 4 is 5.91 Å². The average molecular weight is 139 g/mol. The summed E-state index contributed by atoms with van der Waals surface area (Å²) in [5, 5.41) is 2.53. The SMILES string of the molecule is C=CC(=O)N/C=C/C(C)C. The van der Waals surface area contributed by atoms with Crippen molar-refractivity contribution in [1.82, 2.24) is 5.32 Å².